The van der Waals surface area contributed by atoms with Crippen LogP contribution in [0, 0.1) is 5.92 Å². The number of benzene rings is 2. The van der Waals surface area contributed by atoms with E-state index in [0.717, 1.165) is 23.0 Å². The largest absolute Gasteiger partial charge is 0.507 e. The molecule has 182 valence electrons. The Morgan fingerprint density at radius 3 is 2.69 bits per heavy atom. The van der Waals surface area contributed by atoms with Gasteiger partial charge in [0.25, 0.3) is 0 Å². The number of carbonyl (C=O) groups is 2. The van der Waals surface area contributed by atoms with Gasteiger partial charge in [0.15, 0.2) is 5.76 Å². The molecule has 0 saturated carbocycles. The summed E-state index contributed by atoms with van der Waals surface area (Å²) in [5.74, 6) is 0.381. The molecule has 2 aromatic carbocycles. The predicted octanol–water partition coefficient (Wildman–Crippen LogP) is 4.76. The molecule has 35 heavy (non-hydrogen) atoms. The molecule has 5 rings (SSSR count). The van der Waals surface area contributed by atoms with Gasteiger partial charge in [0, 0.05) is 35.8 Å². The number of aromatic hydroxyl groups is 1. The summed E-state index contributed by atoms with van der Waals surface area (Å²) in [6.07, 6.45) is 5.24. The summed E-state index contributed by atoms with van der Waals surface area (Å²) in [6, 6.07) is 11.3. The molecular formula is C28H30N2O5. The molecule has 7 nitrogen and oxygen atoms in total. The maximum absolute atomic E-state index is 13.2. The van der Waals surface area contributed by atoms with Crippen molar-refractivity contribution in [2.24, 2.45) is 5.92 Å². The second-order valence-corrected chi connectivity index (χ2v) is 9.07. The second-order valence-electron chi connectivity index (χ2n) is 9.07. The third kappa shape index (κ3) is 4.32. The summed E-state index contributed by atoms with van der Waals surface area (Å²) in [7, 11) is 0. The Bertz CT molecular complexity index is 1310. The molecule has 3 heterocycles. The quantitative estimate of drug-likeness (QED) is 0.410. The van der Waals surface area contributed by atoms with Crippen LogP contribution in [0.2, 0.25) is 0 Å². The lowest BCUT2D eigenvalue weighted by atomic mass is 9.96. The van der Waals surface area contributed by atoms with Crippen molar-refractivity contribution in [2.45, 2.75) is 39.8 Å². The Morgan fingerprint density at radius 1 is 1.17 bits per heavy atom. The summed E-state index contributed by atoms with van der Waals surface area (Å²) in [6.45, 7) is 6.98. The number of ether oxygens (including phenoxy) is 2. The number of esters is 1. The maximum Gasteiger partial charge on any atom is 0.309 e. The highest BCUT2D eigenvalue weighted by Crippen LogP contribution is 2.41. The second kappa shape index (κ2) is 9.58. The van der Waals surface area contributed by atoms with Crippen LogP contribution >= 0.6 is 0 Å². The number of phenols is 1. The first-order chi connectivity index (χ1) is 17.0. The number of hydrogen-bond donors (Lipinski definition) is 1. The molecule has 1 saturated heterocycles. The number of piperidine rings is 1. The fraction of sp³-hybridized carbons (Fsp3) is 0.357. The van der Waals surface area contributed by atoms with Crippen LogP contribution in [0.15, 0.2) is 48.4 Å². The van der Waals surface area contributed by atoms with Crippen LogP contribution in [-0.2, 0) is 22.6 Å². The van der Waals surface area contributed by atoms with Crippen molar-refractivity contribution >= 4 is 28.7 Å². The van der Waals surface area contributed by atoms with Gasteiger partial charge in [-0.1, -0.05) is 18.2 Å². The lowest BCUT2D eigenvalue weighted by molar-refractivity contribution is -0.149. The van der Waals surface area contributed by atoms with Crippen molar-refractivity contribution in [3.63, 3.8) is 0 Å². The Labute approximate surface area is 204 Å². The topological polar surface area (TPSA) is 81.0 Å². The van der Waals surface area contributed by atoms with E-state index in [1.807, 2.05) is 31.3 Å². The van der Waals surface area contributed by atoms with Crippen molar-refractivity contribution in [3.05, 3.63) is 65.0 Å². The molecule has 0 aliphatic carbocycles. The van der Waals surface area contributed by atoms with E-state index in [9.17, 15) is 14.7 Å². The summed E-state index contributed by atoms with van der Waals surface area (Å²) in [5.41, 5.74) is 3.09. The fourth-order valence-corrected chi connectivity index (χ4v) is 5.05. The molecule has 3 aromatic rings. The molecule has 0 spiro atoms. The molecule has 0 amide bonds. The number of likely N-dealkylation sites (tertiary alicyclic amines) is 1. The van der Waals surface area contributed by atoms with E-state index in [0.29, 0.717) is 56.0 Å². The number of rotatable bonds is 6. The molecule has 0 unspecified atom stereocenters. The van der Waals surface area contributed by atoms with Gasteiger partial charge in [0.2, 0.25) is 5.78 Å². The Hall–Kier alpha value is -3.58. The Kier molecular flexibility index (Phi) is 6.34. The van der Waals surface area contributed by atoms with Crippen LogP contribution < -0.4 is 4.74 Å². The number of fused-ring (bicyclic) bond motifs is 2. The van der Waals surface area contributed by atoms with Gasteiger partial charge in [-0.15, -0.1) is 0 Å². The predicted molar refractivity (Wildman–Crippen MR) is 133 cm³/mol. The zero-order valence-electron chi connectivity index (χ0n) is 20.1. The van der Waals surface area contributed by atoms with E-state index >= 15 is 0 Å². The first-order valence-electron chi connectivity index (χ1n) is 12.3. The highest BCUT2D eigenvalue weighted by molar-refractivity contribution is 6.15. The number of Topliss-reactive ketones (excluding diaryl/α,β-unsaturated/α-hetero) is 1. The van der Waals surface area contributed by atoms with Crippen LogP contribution in [0.1, 0.15) is 48.2 Å². The van der Waals surface area contributed by atoms with E-state index in [1.54, 1.807) is 18.2 Å². The summed E-state index contributed by atoms with van der Waals surface area (Å²) < 4.78 is 13.4. The standard InChI is InChI=1S/C28H30N2O5/c1-3-30-16-19(20-7-5-6-8-23(20)30)15-25-26(32)21-9-10-24(31)22(27(21)35-25)17-29-13-11-18(12-14-29)28(33)34-4-2/h5-10,15-16,18,31H,3-4,11-14,17H2,1-2H3/b25-15+. The number of aryl methyl sites for hydroxylation is 1. The monoisotopic (exact) mass is 474 g/mol. The molecule has 1 aromatic heterocycles. The number of aromatic nitrogens is 1. The van der Waals surface area contributed by atoms with E-state index in [2.05, 4.69) is 22.5 Å². The van der Waals surface area contributed by atoms with Crippen molar-refractivity contribution in [1.29, 1.82) is 0 Å². The molecule has 0 bridgehead atoms. The van der Waals surface area contributed by atoms with Gasteiger partial charge in [-0.25, -0.2) is 0 Å². The van der Waals surface area contributed by atoms with Crippen molar-refractivity contribution in [1.82, 2.24) is 9.47 Å². The molecule has 0 atom stereocenters. The number of allylic oxidation sites excluding steroid dienone is 1. The molecule has 1 N–H and O–H groups in total. The van der Waals surface area contributed by atoms with Crippen molar-refractivity contribution < 1.29 is 24.2 Å². The minimum absolute atomic E-state index is 0.0844. The lowest BCUT2D eigenvalue weighted by Gasteiger charge is -2.31. The van der Waals surface area contributed by atoms with Gasteiger partial charge < -0.3 is 19.1 Å². The van der Waals surface area contributed by atoms with Gasteiger partial charge in [0.1, 0.15) is 11.5 Å². The van der Waals surface area contributed by atoms with Crippen LogP contribution in [0.3, 0.4) is 0 Å². The zero-order valence-corrected chi connectivity index (χ0v) is 20.1. The molecule has 1 fully saturated rings. The van der Waals surface area contributed by atoms with E-state index < -0.39 is 0 Å². The summed E-state index contributed by atoms with van der Waals surface area (Å²) >= 11 is 0. The Morgan fingerprint density at radius 2 is 1.94 bits per heavy atom. The molecule has 7 heteroatoms. The Balaban J connectivity index is 1.38. The molecular weight excluding hydrogens is 444 g/mol. The number of ketones is 1. The molecule has 2 aliphatic rings. The first kappa shape index (κ1) is 23.2. The lowest BCUT2D eigenvalue weighted by Crippen LogP contribution is -2.36. The van der Waals surface area contributed by atoms with Gasteiger partial charge in [0.05, 0.1) is 23.7 Å². The van der Waals surface area contributed by atoms with Crippen LogP contribution in [0.25, 0.3) is 17.0 Å². The summed E-state index contributed by atoms with van der Waals surface area (Å²) in [4.78, 5) is 27.4. The smallest absolute Gasteiger partial charge is 0.309 e. The molecule has 0 radical (unpaired) electrons. The van der Waals surface area contributed by atoms with Crippen LogP contribution in [0.5, 0.6) is 11.5 Å². The molecule has 2 aliphatic heterocycles. The number of carbonyl (C=O) groups excluding carboxylic acids is 2. The highest BCUT2D eigenvalue weighted by atomic mass is 16.5. The number of phenolic OH excluding ortho intramolecular Hbond substituents is 1. The van der Waals surface area contributed by atoms with E-state index in [1.165, 1.54) is 0 Å². The summed E-state index contributed by atoms with van der Waals surface area (Å²) in [5, 5.41) is 11.7. The normalized spacial score (nSPS) is 17.7. The number of nitrogens with zero attached hydrogens (tertiary/aromatic N) is 2. The third-order valence-corrected chi connectivity index (χ3v) is 6.95. The number of para-hydroxylation sites is 1. The van der Waals surface area contributed by atoms with Gasteiger partial charge in [-0.2, -0.15) is 0 Å². The van der Waals surface area contributed by atoms with Crippen molar-refractivity contribution in [2.75, 3.05) is 19.7 Å². The average Bonchev–Trinajstić information content (AvgIpc) is 3.39. The van der Waals surface area contributed by atoms with Gasteiger partial charge in [-0.05, 0) is 64.1 Å². The minimum atomic E-state index is -0.185. The first-order valence-corrected chi connectivity index (χ1v) is 12.3. The van der Waals surface area contributed by atoms with E-state index in [-0.39, 0.29) is 29.2 Å². The van der Waals surface area contributed by atoms with Crippen LogP contribution in [-0.4, -0.2) is 46.0 Å². The highest BCUT2D eigenvalue weighted by Gasteiger charge is 2.33. The fourth-order valence-electron chi connectivity index (χ4n) is 5.05. The minimum Gasteiger partial charge on any atom is -0.507 e. The zero-order chi connectivity index (χ0) is 24.5. The maximum atomic E-state index is 13.2. The van der Waals surface area contributed by atoms with E-state index in [4.69, 9.17) is 9.47 Å². The van der Waals surface area contributed by atoms with Crippen LogP contribution in [0.4, 0.5) is 0 Å². The average molecular weight is 475 g/mol. The van der Waals surface area contributed by atoms with Gasteiger partial charge >= 0.3 is 5.97 Å². The third-order valence-electron chi connectivity index (χ3n) is 6.95. The van der Waals surface area contributed by atoms with Gasteiger partial charge in [-0.3, -0.25) is 14.5 Å². The SMILES string of the molecule is CCOC(=O)C1CCN(Cc2c(O)ccc3c2O/C(=C/c2cn(CC)c4ccccc24)C3=O)CC1. The van der Waals surface area contributed by atoms with Crippen molar-refractivity contribution in [3.8, 4) is 11.5 Å². The number of hydrogen-bond acceptors (Lipinski definition) is 6.